The molecule has 5 nitrogen and oxygen atoms in total. The lowest BCUT2D eigenvalue weighted by Crippen LogP contribution is -1.97. The van der Waals surface area contributed by atoms with Crippen LogP contribution >= 0.6 is 0 Å². The first kappa shape index (κ1) is 10.4. The van der Waals surface area contributed by atoms with Crippen molar-refractivity contribution >= 4 is 5.69 Å². The molecule has 0 saturated heterocycles. The van der Waals surface area contributed by atoms with Crippen molar-refractivity contribution in [2.45, 2.75) is 6.42 Å². The van der Waals surface area contributed by atoms with Crippen LogP contribution in [0.2, 0.25) is 0 Å². The van der Waals surface area contributed by atoms with Gasteiger partial charge in [0.2, 0.25) is 5.82 Å². The topological polar surface area (TPSA) is 83.6 Å². The molecule has 0 amide bonds. The van der Waals surface area contributed by atoms with Crippen LogP contribution in [0.5, 0.6) is 5.75 Å². The zero-order valence-corrected chi connectivity index (χ0v) is 7.11. The standard InChI is InChI=1S/C8H8FNO4/c9-6-4-8(12)5(1-2-11)3-7(6)10(13)14/h3-4,11-12H,1-2H2. The maximum atomic E-state index is 12.9. The van der Waals surface area contributed by atoms with Crippen LogP contribution in [0.4, 0.5) is 10.1 Å². The Bertz CT molecular complexity index is 367. The van der Waals surface area contributed by atoms with Crippen LogP contribution in [0, 0.1) is 15.9 Å². The largest absolute Gasteiger partial charge is 0.508 e. The summed E-state index contributed by atoms with van der Waals surface area (Å²) in [5, 5.41) is 28.0. The highest BCUT2D eigenvalue weighted by atomic mass is 19.1. The van der Waals surface area contributed by atoms with Crippen molar-refractivity contribution in [3.05, 3.63) is 33.6 Å². The Hall–Kier alpha value is -1.69. The van der Waals surface area contributed by atoms with Crippen LogP contribution in [-0.4, -0.2) is 21.7 Å². The van der Waals surface area contributed by atoms with E-state index in [2.05, 4.69) is 0 Å². The molecule has 0 spiro atoms. The summed E-state index contributed by atoms with van der Waals surface area (Å²) in [6.07, 6.45) is 0.0486. The highest BCUT2D eigenvalue weighted by Gasteiger charge is 2.17. The second kappa shape index (κ2) is 4.01. The van der Waals surface area contributed by atoms with E-state index >= 15 is 0 Å². The Kier molecular flexibility index (Phi) is 2.98. The van der Waals surface area contributed by atoms with Gasteiger partial charge < -0.3 is 10.2 Å². The lowest BCUT2D eigenvalue weighted by Gasteiger charge is -2.02. The first-order chi connectivity index (χ1) is 6.56. The molecule has 0 atom stereocenters. The molecule has 0 saturated carbocycles. The highest BCUT2D eigenvalue weighted by molar-refractivity contribution is 5.44. The van der Waals surface area contributed by atoms with E-state index in [-0.39, 0.29) is 24.3 Å². The van der Waals surface area contributed by atoms with Crippen molar-refractivity contribution < 1.29 is 19.5 Å². The van der Waals surface area contributed by atoms with Gasteiger partial charge in [0, 0.05) is 24.3 Å². The van der Waals surface area contributed by atoms with Crippen molar-refractivity contribution in [3.8, 4) is 5.75 Å². The van der Waals surface area contributed by atoms with Crippen molar-refractivity contribution in [1.82, 2.24) is 0 Å². The molecule has 0 aliphatic carbocycles. The van der Waals surface area contributed by atoms with Crippen molar-refractivity contribution in [3.63, 3.8) is 0 Å². The van der Waals surface area contributed by atoms with Gasteiger partial charge in [0.05, 0.1) is 4.92 Å². The normalized spacial score (nSPS) is 10.1. The number of phenols is 1. The van der Waals surface area contributed by atoms with Crippen LogP contribution in [0.25, 0.3) is 0 Å². The number of hydrogen-bond donors (Lipinski definition) is 2. The SMILES string of the molecule is O=[N+]([O-])c1cc(CCO)c(O)cc1F. The van der Waals surface area contributed by atoms with E-state index in [9.17, 15) is 14.5 Å². The third-order valence-electron chi connectivity index (χ3n) is 1.73. The molecule has 14 heavy (non-hydrogen) atoms. The summed E-state index contributed by atoms with van der Waals surface area (Å²) in [5.74, 6) is -1.48. The minimum Gasteiger partial charge on any atom is -0.508 e. The van der Waals surface area contributed by atoms with Crippen LogP contribution in [0.1, 0.15) is 5.56 Å². The summed E-state index contributed by atoms with van der Waals surface area (Å²) in [7, 11) is 0. The predicted molar refractivity (Wildman–Crippen MR) is 45.5 cm³/mol. The van der Waals surface area contributed by atoms with Crippen LogP contribution < -0.4 is 0 Å². The molecule has 0 fully saturated rings. The minimum atomic E-state index is -1.09. The Labute approximate surface area is 78.6 Å². The Morgan fingerprint density at radius 3 is 2.64 bits per heavy atom. The van der Waals surface area contributed by atoms with Gasteiger partial charge in [0.1, 0.15) is 5.75 Å². The van der Waals surface area contributed by atoms with Gasteiger partial charge in [-0.25, -0.2) is 0 Å². The maximum Gasteiger partial charge on any atom is 0.305 e. The molecule has 0 unspecified atom stereocenters. The molecule has 0 aliphatic rings. The number of nitro benzene ring substituents is 1. The number of phenolic OH excluding ortho intramolecular Hbond substituents is 1. The number of rotatable bonds is 3. The fourth-order valence-electron chi connectivity index (χ4n) is 1.06. The number of nitro groups is 1. The predicted octanol–water partition coefficient (Wildman–Crippen LogP) is 0.974. The van der Waals surface area contributed by atoms with Crippen molar-refractivity contribution in [1.29, 1.82) is 0 Å². The minimum absolute atomic E-state index is 0.0486. The molecule has 0 heterocycles. The number of halogens is 1. The van der Waals surface area contributed by atoms with E-state index in [1.54, 1.807) is 0 Å². The van der Waals surface area contributed by atoms with E-state index in [0.717, 1.165) is 6.07 Å². The average Bonchev–Trinajstić information content (AvgIpc) is 2.09. The van der Waals surface area contributed by atoms with Crippen molar-refractivity contribution in [2.24, 2.45) is 0 Å². The molecular formula is C8H8FNO4. The molecule has 1 aromatic rings. The smallest absolute Gasteiger partial charge is 0.305 e. The van der Waals surface area contributed by atoms with E-state index in [0.29, 0.717) is 6.07 Å². The first-order valence-electron chi connectivity index (χ1n) is 3.83. The third-order valence-corrected chi connectivity index (χ3v) is 1.73. The van der Waals surface area contributed by atoms with E-state index in [4.69, 9.17) is 10.2 Å². The number of hydrogen-bond acceptors (Lipinski definition) is 4. The Balaban J connectivity index is 3.20. The monoisotopic (exact) mass is 201 g/mol. The molecule has 76 valence electrons. The summed E-state index contributed by atoms with van der Waals surface area (Å²) < 4.78 is 12.9. The quantitative estimate of drug-likeness (QED) is 0.563. The number of nitrogens with zero attached hydrogens (tertiary/aromatic N) is 1. The van der Waals surface area contributed by atoms with Gasteiger partial charge in [-0.05, 0) is 6.42 Å². The number of benzene rings is 1. The second-order valence-electron chi connectivity index (χ2n) is 2.66. The molecule has 0 aliphatic heterocycles. The average molecular weight is 201 g/mol. The van der Waals surface area contributed by atoms with Gasteiger partial charge in [-0.15, -0.1) is 0 Å². The number of aromatic hydroxyl groups is 1. The molecule has 0 bridgehead atoms. The van der Waals surface area contributed by atoms with Gasteiger partial charge >= 0.3 is 5.69 Å². The molecule has 6 heteroatoms. The highest BCUT2D eigenvalue weighted by Crippen LogP contribution is 2.26. The number of aliphatic hydroxyl groups is 1. The number of aliphatic hydroxyl groups excluding tert-OH is 1. The third kappa shape index (κ3) is 1.97. The summed E-state index contributed by atoms with van der Waals surface area (Å²) in [6, 6.07) is 1.59. The summed E-state index contributed by atoms with van der Waals surface area (Å²) in [6.45, 7) is -0.268. The lowest BCUT2D eigenvalue weighted by atomic mass is 10.1. The zero-order valence-electron chi connectivity index (χ0n) is 7.11. The maximum absolute atomic E-state index is 12.9. The molecule has 0 aromatic heterocycles. The molecular weight excluding hydrogens is 193 g/mol. The molecule has 2 N–H and O–H groups in total. The molecule has 0 radical (unpaired) electrons. The van der Waals surface area contributed by atoms with Gasteiger partial charge in [0.15, 0.2) is 0 Å². The summed E-state index contributed by atoms with van der Waals surface area (Å²) >= 11 is 0. The molecule has 1 rings (SSSR count). The van der Waals surface area contributed by atoms with Gasteiger partial charge in [-0.2, -0.15) is 4.39 Å². The van der Waals surface area contributed by atoms with E-state index in [1.807, 2.05) is 0 Å². The van der Waals surface area contributed by atoms with Crippen LogP contribution in [0.15, 0.2) is 12.1 Å². The Morgan fingerprint density at radius 1 is 1.50 bits per heavy atom. The summed E-state index contributed by atoms with van der Waals surface area (Å²) in [4.78, 5) is 9.43. The zero-order chi connectivity index (χ0) is 10.7. The van der Waals surface area contributed by atoms with Crippen molar-refractivity contribution in [2.75, 3.05) is 6.61 Å². The van der Waals surface area contributed by atoms with E-state index in [1.165, 1.54) is 0 Å². The Morgan fingerprint density at radius 2 is 2.14 bits per heavy atom. The fourth-order valence-corrected chi connectivity index (χ4v) is 1.06. The fraction of sp³-hybridized carbons (Fsp3) is 0.250. The van der Waals surface area contributed by atoms with Crippen LogP contribution in [0.3, 0.4) is 0 Å². The lowest BCUT2D eigenvalue weighted by molar-refractivity contribution is -0.387. The van der Waals surface area contributed by atoms with Gasteiger partial charge in [-0.3, -0.25) is 10.1 Å². The van der Waals surface area contributed by atoms with E-state index < -0.39 is 16.4 Å². The second-order valence-corrected chi connectivity index (χ2v) is 2.66. The summed E-state index contributed by atoms with van der Waals surface area (Å²) in [5.41, 5.74) is -0.549. The molecule has 1 aromatic carbocycles. The van der Waals surface area contributed by atoms with Crippen LogP contribution in [-0.2, 0) is 6.42 Å². The van der Waals surface area contributed by atoms with Gasteiger partial charge in [-0.1, -0.05) is 0 Å². The first-order valence-corrected chi connectivity index (χ1v) is 3.83. The van der Waals surface area contributed by atoms with Gasteiger partial charge in [0.25, 0.3) is 0 Å².